The van der Waals surface area contributed by atoms with Crippen LogP contribution in [0.4, 0.5) is 4.79 Å². The van der Waals surface area contributed by atoms with E-state index in [2.05, 4.69) is 10.9 Å². The minimum atomic E-state index is -1.52. The van der Waals surface area contributed by atoms with Crippen LogP contribution in [0.1, 0.15) is 52.5 Å². The van der Waals surface area contributed by atoms with Crippen LogP contribution in [-0.2, 0) is 20.7 Å². The number of amides is 1. The number of ether oxygens (including phenoxy) is 1. The Morgan fingerprint density at radius 3 is 2.27 bits per heavy atom. The molecule has 0 aromatic heterocycles. The van der Waals surface area contributed by atoms with E-state index in [1.165, 1.54) is 25.1 Å². The SMILES string of the molecule is CC(C)(C)OC(=O)NNC(C)(Cc1ccc(O)c(O)c1)C(=O)C(O)CCCC(=O)O. The molecule has 1 aromatic carbocycles. The largest absolute Gasteiger partial charge is 0.504 e. The van der Waals surface area contributed by atoms with Crippen molar-refractivity contribution in [3.05, 3.63) is 23.8 Å². The average Bonchev–Trinajstić information content (AvgIpc) is 2.60. The third-order valence-electron chi connectivity index (χ3n) is 4.15. The number of aliphatic hydroxyl groups excluding tert-OH is 1. The van der Waals surface area contributed by atoms with Gasteiger partial charge in [-0.25, -0.2) is 10.2 Å². The highest BCUT2D eigenvalue weighted by molar-refractivity contribution is 5.92. The maximum absolute atomic E-state index is 12.9. The van der Waals surface area contributed by atoms with Gasteiger partial charge in [0.15, 0.2) is 17.3 Å². The van der Waals surface area contributed by atoms with Crippen molar-refractivity contribution in [3.8, 4) is 11.5 Å². The Bertz CT molecular complexity index is 775. The normalized spacial score (nSPS) is 14.4. The zero-order valence-electron chi connectivity index (χ0n) is 17.6. The van der Waals surface area contributed by atoms with Crippen molar-refractivity contribution >= 4 is 17.8 Å². The maximum Gasteiger partial charge on any atom is 0.422 e. The highest BCUT2D eigenvalue weighted by Gasteiger charge is 2.38. The predicted octanol–water partition coefficient (Wildman–Crippen LogP) is 1.61. The molecule has 10 nitrogen and oxygen atoms in total. The van der Waals surface area contributed by atoms with E-state index in [1.807, 2.05) is 0 Å². The number of phenols is 2. The van der Waals surface area contributed by atoms with Crippen LogP contribution in [0.3, 0.4) is 0 Å². The minimum Gasteiger partial charge on any atom is -0.504 e. The number of carboxylic acids is 1. The number of carbonyl (C=O) groups excluding carboxylic acids is 2. The summed E-state index contributed by atoms with van der Waals surface area (Å²) >= 11 is 0. The van der Waals surface area contributed by atoms with Crippen molar-refractivity contribution in [1.82, 2.24) is 10.9 Å². The number of carbonyl (C=O) groups is 3. The summed E-state index contributed by atoms with van der Waals surface area (Å²) in [5, 5.41) is 38.2. The first-order valence-electron chi connectivity index (χ1n) is 9.45. The van der Waals surface area contributed by atoms with Crippen LogP contribution < -0.4 is 10.9 Å². The third-order valence-corrected chi connectivity index (χ3v) is 4.15. The molecule has 1 rings (SSSR count). The van der Waals surface area contributed by atoms with E-state index in [0.717, 1.165) is 0 Å². The monoisotopic (exact) mass is 426 g/mol. The summed E-state index contributed by atoms with van der Waals surface area (Å²) < 4.78 is 5.12. The first kappa shape index (κ1) is 25.2. The van der Waals surface area contributed by atoms with Crippen molar-refractivity contribution in [2.45, 2.75) is 70.6 Å². The maximum atomic E-state index is 12.9. The van der Waals surface area contributed by atoms with Crippen molar-refractivity contribution in [2.75, 3.05) is 0 Å². The Morgan fingerprint density at radius 2 is 1.73 bits per heavy atom. The lowest BCUT2D eigenvalue weighted by Gasteiger charge is -2.32. The fourth-order valence-electron chi connectivity index (χ4n) is 2.72. The van der Waals surface area contributed by atoms with Crippen molar-refractivity contribution in [1.29, 1.82) is 0 Å². The Balaban J connectivity index is 3.00. The zero-order chi connectivity index (χ0) is 23.1. The number of aliphatic hydroxyl groups is 1. The summed E-state index contributed by atoms with van der Waals surface area (Å²) in [6.07, 6.45) is -2.56. The molecular formula is C20H30N2O8. The van der Waals surface area contributed by atoms with Crippen LogP contribution in [-0.4, -0.2) is 55.5 Å². The van der Waals surface area contributed by atoms with Crippen LogP contribution >= 0.6 is 0 Å². The van der Waals surface area contributed by atoms with E-state index < -0.39 is 35.1 Å². The number of aliphatic carboxylic acids is 1. The molecule has 0 aliphatic heterocycles. The number of ketones is 1. The van der Waals surface area contributed by atoms with Crippen LogP contribution in [0.2, 0.25) is 0 Å². The molecule has 0 radical (unpaired) electrons. The van der Waals surface area contributed by atoms with Gasteiger partial charge in [-0.3, -0.25) is 15.0 Å². The lowest BCUT2D eigenvalue weighted by atomic mass is 9.85. The second kappa shape index (κ2) is 10.3. The molecule has 0 aliphatic rings. The molecular weight excluding hydrogens is 396 g/mol. The minimum absolute atomic E-state index is 0.0640. The number of Topliss-reactive ketones (excluding diaryl/α,β-unsaturated/α-hetero) is 1. The molecule has 30 heavy (non-hydrogen) atoms. The molecule has 1 amide bonds. The summed E-state index contributed by atoms with van der Waals surface area (Å²) in [5.41, 5.74) is 3.02. The molecule has 0 bridgehead atoms. The summed E-state index contributed by atoms with van der Waals surface area (Å²) in [4.78, 5) is 35.6. The summed E-state index contributed by atoms with van der Waals surface area (Å²) in [6.45, 7) is 6.45. The number of aromatic hydroxyl groups is 2. The second-order valence-electron chi connectivity index (χ2n) is 8.25. The molecule has 0 fully saturated rings. The lowest BCUT2D eigenvalue weighted by molar-refractivity contribution is -0.138. The van der Waals surface area contributed by atoms with Crippen LogP contribution in [0, 0.1) is 0 Å². The van der Waals surface area contributed by atoms with Gasteiger partial charge >= 0.3 is 12.1 Å². The number of rotatable bonds is 10. The Morgan fingerprint density at radius 1 is 1.10 bits per heavy atom. The van der Waals surface area contributed by atoms with Gasteiger partial charge < -0.3 is 25.2 Å². The molecule has 168 valence electrons. The fourth-order valence-corrected chi connectivity index (χ4v) is 2.72. The highest BCUT2D eigenvalue weighted by atomic mass is 16.6. The third kappa shape index (κ3) is 8.26. The standard InChI is InChI=1S/C20H30N2O8/c1-19(2,3)30-18(29)21-22-20(4,11-12-8-9-13(23)15(25)10-12)17(28)14(24)6-5-7-16(26)27/h8-10,14,22-25H,5-7,11H2,1-4H3,(H,21,29)(H,26,27). The summed E-state index contributed by atoms with van der Waals surface area (Å²) in [6, 6.07) is 3.99. The first-order valence-corrected chi connectivity index (χ1v) is 9.45. The summed E-state index contributed by atoms with van der Waals surface area (Å²) in [7, 11) is 0. The van der Waals surface area contributed by atoms with Gasteiger partial charge in [-0.05, 0) is 64.7 Å². The number of carboxylic acid groups (broad SMARTS) is 1. The number of hydrogen-bond acceptors (Lipinski definition) is 8. The topological polar surface area (TPSA) is 165 Å². The highest BCUT2D eigenvalue weighted by Crippen LogP contribution is 2.27. The van der Waals surface area contributed by atoms with Crippen LogP contribution in [0.5, 0.6) is 11.5 Å². The van der Waals surface area contributed by atoms with Crippen molar-refractivity contribution < 1.29 is 39.5 Å². The van der Waals surface area contributed by atoms with Crippen LogP contribution in [0.25, 0.3) is 0 Å². The van der Waals surface area contributed by atoms with Gasteiger partial charge in [0.2, 0.25) is 0 Å². The van der Waals surface area contributed by atoms with Gasteiger partial charge in [-0.15, -0.1) is 0 Å². The molecule has 0 saturated heterocycles. The lowest BCUT2D eigenvalue weighted by Crippen LogP contribution is -2.61. The van der Waals surface area contributed by atoms with Gasteiger partial charge in [0.25, 0.3) is 0 Å². The van der Waals surface area contributed by atoms with E-state index in [0.29, 0.717) is 5.56 Å². The van der Waals surface area contributed by atoms with Gasteiger partial charge in [0, 0.05) is 6.42 Å². The Kier molecular flexibility index (Phi) is 8.61. The molecule has 0 saturated carbocycles. The molecule has 6 N–H and O–H groups in total. The van der Waals surface area contributed by atoms with Gasteiger partial charge in [-0.1, -0.05) is 6.07 Å². The number of hydrogen-bond donors (Lipinski definition) is 6. The van der Waals surface area contributed by atoms with E-state index in [-0.39, 0.29) is 37.2 Å². The van der Waals surface area contributed by atoms with E-state index >= 15 is 0 Å². The molecule has 0 heterocycles. The van der Waals surface area contributed by atoms with Gasteiger partial charge in [0.1, 0.15) is 11.7 Å². The molecule has 0 spiro atoms. The average molecular weight is 426 g/mol. The van der Waals surface area contributed by atoms with Crippen LogP contribution in [0.15, 0.2) is 18.2 Å². The molecule has 2 unspecified atom stereocenters. The number of benzene rings is 1. The number of phenolic OH excluding ortho intramolecular Hbond substituents is 2. The molecule has 1 aromatic rings. The quantitative estimate of drug-likeness (QED) is 0.241. The predicted molar refractivity (Wildman–Crippen MR) is 107 cm³/mol. The molecule has 10 heteroatoms. The second-order valence-corrected chi connectivity index (χ2v) is 8.25. The molecule has 0 aliphatic carbocycles. The van der Waals surface area contributed by atoms with E-state index in [9.17, 15) is 29.7 Å². The van der Waals surface area contributed by atoms with Crippen molar-refractivity contribution in [2.24, 2.45) is 0 Å². The number of nitrogens with one attached hydrogen (secondary N) is 2. The van der Waals surface area contributed by atoms with Gasteiger partial charge in [0.05, 0.1) is 5.54 Å². The first-order chi connectivity index (χ1) is 13.7. The smallest absolute Gasteiger partial charge is 0.422 e. The van der Waals surface area contributed by atoms with E-state index in [4.69, 9.17) is 9.84 Å². The number of hydrazine groups is 1. The van der Waals surface area contributed by atoms with Gasteiger partial charge in [-0.2, -0.15) is 0 Å². The molecule has 2 atom stereocenters. The zero-order valence-corrected chi connectivity index (χ0v) is 17.6. The summed E-state index contributed by atoms with van der Waals surface area (Å²) in [5.74, 6) is -2.44. The fraction of sp³-hybridized carbons (Fsp3) is 0.550. The Labute approximate surface area is 174 Å². The van der Waals surface area contributed by atoms with E-state index in [1.54, 1.807) is 20.8 Å². The Hall–Kier alpha value is -2.85. The van der Waals surface area contributed by atoms with Crippen molar-refractivity contribution in [3.63, 3.8) is 0 Å².